The molecule has 0 aliphatic heterocycles. The molecule has 0 aromatic heterocycles. The Hall–Kier alpha value is -2.79. The third kappa shape index (κ3) is 4.15. The van der Waals surface area contributed by atoms with E-state index in [9.17, 15) is 19.1 Å². The molecule has 0 amide bonds. The summed E-state index contributed by atoms with van der Waals surface area (Å²) in [4.78, 5) is 25.3. The van der Waals surface area contributed by atoms with Crippen molar-refractivity contribution in [3.63, 3.8) is 0 Å². The second-order valence-corrected chi connectivity index (χ2v) is 8.06. The molecule has 152 valence electrons. The molecule has 0 saturated carbocycles. The van der Waals surface area contributed by atoms with E-state index in [1.807, 2.05) is 31.2 Å². The lowest BCUT2D eigenvalue weighted by molar-refractivity contribution is -0.131. The standard InChI is InChI=1S/C24H26FNO3/c1-14-9-11-17(12-10-14)26-20-13-24(4,29)23(16(3)28)22(21(20)15(2)27)18-7-5-6-8-19(18)25/h5-12,22-23,26,29H,13H2,1-4H3/t22-,23-,24+/m0/s1. The zero-order valence-corrected chi connectivity index (χ0v) is 17.1. The van der Waals surface area contributed by atoms with Crippen molar-refractivity contribution in [3.05, 3.63) is 76.7 Å². The van der Waals surface area contributed by atoms with E-state index < -0.39 is 23.3 Å². The first kappa shape index (κ1) is 20.9. The smallest absolute Gasteiger partial charge is 0.158 e. The fraction of sp³-hybridized carbons (Fsp3) is 0.333. The summed E-state index contributed by atoms with van der Waals surface area (Å²) in [5.74, 6) is -2.84. The highest BCUT2D eigenvalue weighted by molar-refractivity contribution is 5.98. The number of rotatable bonds is 5. The normalized spacial score (nSPS) is 24.3. The average molecular weight is 395 g/mol. The molecule has 2 aromatic rings. The van der Waals surface area contributed by atoms with Gasteiger partial charge in [-0.3, -0.25) is 9.59 Å². The van der Waals surface area contributed by atoms with Crippen molar-refractivity contribution in [2.24, 2.45) is 5.92 Å². The molecular weight excluding hydrogens is 369 g/mol. The Morgan fingerprint density at radius 3 is 2.28 bits per heavy atom. The number of ketones is 2. The van der Waals surface area contributed by atoms with Crippen molar-refractivity contribution in [3.8, 4) is 0 Å². The van der Waals surface area contributed by atoms with Crippen molar-refractivity contribution >= 4 is 17.3 Å². The molecule has 5 heteroatoms. The minimum atomic E-state index is -1.44. The van der Waals surface area contributed by atoms with Crippen LogP contribution in [0.3, 0.4) is 0 Å². The van der Waals surface area contributed by atoms with Gasteiger partial charge >= 0.3 is 0 Å². The molecule has 1 aliphatic carbocycles. The van der Waals surface area contributed by atoms with Crippen LogP contribution in [0.25, 0.3) is 0 Å². The molecule has 3 atom stereocenters. The highest BCUT2D eigenvalue weighted by Crippen LogP contribution is 2.48. The summed E-state index contributed by atoms with van der Waals surface area (Å²) >= 11 is 0. The van der Waals surface area contributed by atoms with Crippen LogP contribution < -0.4 is 5.32 Å². The predicted molar refractivity (Wildman–Crippen MR) is 111 cm³/mol. The molecular formula is C24H26FNO3. The highest BCUT2D eigenvalue weighted by atomic mass is 19.1. The largest absolute Gasteiger partial charge is 0.389 e. The first-order valence-electron chi connectivity index (χ1n) is 9.66. The predicted octanol–water partition coefficient (Wildman–Crippen LogP) is 4.53. The molecule has 4 nitrogen and oxygen atoms in total. The van der Waals surface area contributed by atoms with Gasteiger partial charge in [-0.1, -0.05) is 35.9 Å². The lowest BCUT2D eigenvalue weighted by Crippen LogP contribution is -2.48. The number of hydrogen-bond donors (Lipinski definition) is 2. The van der Waals surface area contributed by atoms with Crippen LogP contribution in [0.1, 0.15) is 44.2 Å². The van der Waals surface area contributed by atoms with Crippen molar-refractivity contribution in [2.45, 2.75) is 45.6 Å². The Balaban J connectivity index is 2.23. The van der Waals surface area contributed by atoms with Gasteiger partial charge in [0.15, 0.2) is 5.78 Å². The van der Waals surface area contributed by atoms with E-state index in [0.29, 0.717) is 11.3 Å². The molecule has 3 rings (SSSR count). The quantitative estimate of drug-likeness (QED) is 0.780. The summed E-state index contributed by atoms with van der Waals surface area (Å²) in [6, 6.07) is 13.7. The zero-order chi connectivity index (χ0) is 21.3. The maximum absolute atomic E-state index is 14.8. The summed E-state index contributed by atoms with van der Waals surface area (Å²) in [7, 11) is 0. The van der Waals surface area contributed by atoms with E-state index in [1.165, 1.54) is 19.9 Å². The van der Waals surface area contributed by atoms with Gasteiger partial charge in [0.05, 0.1) is 11.5 Å². The van der Waals surface area contributed by atoms with Gasteiger partial charge in [-0.25, -0.2) is 4.39 Å². The fourth-order valence-electron chi connectivity index (χ4n) is 4.37. The molecule has 1 aliphatic rings. The number of nitrogens with one attached hydrogen (secondary N) is 1. The number of aliphatic hydroxyl groups is 1. The Morgan fingerprint density at radius 1 is 1.10 bits per heavy atom. The maximum atomic E-state index is 14.8. The SMILES string of the molecule is CC(=O)C1=C(Nc2ccc(C)cc2)C[C@@](C)(O)[C@@H](C(C)=O)[C@H]1c1ccccc1F. The van der Waals surface area contributed by atoms with Crippen LogP contribution >= 0.6 is 0 Å². The third-order valence-corrected chi connectivity index (χ3v) is 5.58. The van der Waals surface area contributed by atoms with Gasteiger partial charge in [0.25, 0.3) is 0 Å². The summed E-state index contributed by atoms with van der Waals surface area (Å²) in [5.41, 5.74) is 1.49. The highest BCUT2D eigenvalue weighted by Gasteiger charge is 2.49. The van der Waals surface area contributed by atoms with E-state index in [-0.39, 0.29) is 23.6 Å². The number of Topliss-reactive ketones (excluding diaryl/α,β-unsaturated/α-hetero) is 2. The van der Waals surface area contributed by atoms with Crippen LogP contribution in [-0.2, 0) is 9.59 Å². The van der Waals surface area contributed by atoms with Gasteiger partial charge in [-0.15, -0.1) is 0 Å². The van der Waals surface area contributed by atoms with E-state index in [1.54, 1.807) is 25.1 Å². The number of halogens is 1. The first-order valence-corrected chi connectivity index (χ1v) is 9.66. The van der Waals surface area contributed by atoms with Gasteiger partial charge in [-0.05, 0) is 51.5 Å². The topological polar surface area (TPSA) is 66.4 Å². The van der Waals surface area contributed by atoms with E-state index in [4.69, 9.17) is 0 Å². The molecule has 29 heavy (non-hydrogen) atoms. The number of anilines is 1. The zero-order valence-electron chi connectivity index (χ0n) is 17.1. The van der Waals surface area contributed by atoms with Crippen molar-refractivity contribution in [2.75, 3.05) is 5.32 Å². The van der Waals surface area contributed by atoms with E-state index in [2.05, 4.69) is 5.32 Å². The number of benzene rings is 2. The lowest BCUT2D eigenvalue weighted by atomic mass is 9.63. The van der Waals surface area contributed by atoms with Crippen LogP contribution in [0.15, 0.2) is 59.8 Å². The molecule has 0 spiro atoms. The van der Waals surface area contributed by atoms with Gasteiger partial charge in [0, 0.05) is 29.3 Å². The minimum Gasteiger partial charge on any atom is -0.389 e. The summed E-state index contributed by atoms with van der Waals surface area (Å²) in [5, 5.41) is 14.4. The van der Waals surface area contributed by atoms with Crippen LogP contribution in [0.5, 0.6) is 0 Å². The monoisotopic (exact) mass is 395 g/mol. The van der Waals surface area contributed by atoms with E-state index in [0.717, 1.165) is 11.3 Å². The van der Waals surface area contributed by atoms with Gasteiger partial charge in [0.1, 0.15) is 11.6 Å². The summed E-state index contributed by atoms with van der Waals surface area (Å²) < 4.78 is 14.8. The van der Waals surface area contributed by atoms with Gasteiger partial charge in [-0.2, -0.15) is 0 Å². The van der Waals surface area contributed by atoms with Crippen LogP contribution in [0.2, 0.25) is 0 Å². The number of hydrogen-bond acceptors (Lipinski definition) is 4. The second kappa shape index (κ2) is 7.91. The van der Waals surface area contributed by atoms with Crippen LogP contribution in [-0.4, -0.2) is 22.3 Å². The third-order valence-electron chi connectivity index (χ3n) is 5.58. The molecule has 2 N–H and O–H groups in total. The average Bonchev–Trinajstić information content (AvgIpc) is 2.62. The van der Waals surface area contributed by atoms with Crippen LogP contribution in [0, 0.1) is 18.7 Å². The Morgan fingerprint density at radius 2 is 1.72 bits per heavy atom. The molecule has 0 bridgehead atoms. The first-order chi connectivity index (χ1) is 13.6. The molecule has 0 heterocycles. The number of aryl methyl sites for hydroxylation is 1. The van der Waals surface area contributed by atoms with Gasteiger partial charge in [0.2, 0.25) is 0 Å². The van der Waals surface area contributed by atoms with Gasteiger partial charge < -0.3 is 10.4 Å². The fourth-order valence-corrected chi connectivity index (χ4v) is 4.37. The number of carbonyl (C=O) groups is 2. The van der Waals surface area contributed by atoms with Crippen molar-refractivity contribution < 1.29 is 19.1 Å². The van der Waals surface area contributed by atoms with E-state index >= 15 is 0 Å². The lowest BCUT2D eigenvalue weighted by Gasteiger charge is -2.43. The Bertz CT molecular complexity index is 976. The second-order valence-electron chi connectivity index (χ2n) is 8.06. The van der Waals surface area contributed by atoms with Crippen LogP contribution in [0.4, 0.5) is 10.1 Å². The maximum Gasteiger partial charge on any atom is 0.158 e. The Kier molecular flexibility index (Phi) is 5.71. The number of carbonyl (C=O) groups excluding carboxylic acids is 2. The Labute approximate surface area is 170 Å². The summed E-state index contributed by atoms with van der Waals surface area (Å²) in [6.07, 6.45) is 0.0883. The van der Waals surface area contributed by atoms with Crippen molar-refractivity contribution in [1.82, 2.24) is 0 Å². The summed E-state index contributed by atoms with van der Waals surface area (Å²) in [6.45, 7) is 6.34. The number of allylic oxidation sites excluding steroid dienone is 1. The molecule has 2 aromatic carbocycles. The molecule has 0 unspecified atom stereocenters. The molecule has 0 fully saturated rings. The molecule has 0 radical (unpaired) electrons. The minimum absolute atomic E-state index is 0.0883. The van der Waals surface area contributed by atoms with Crippen molar-refractivity contribution in [1.29, 1.82) is 0 Å². The molecule has 0 saturated heterocycles.